The first kappa shape index (κ1) is 20.4. The molecule has 0 saturated heterocycles. The van der Waals surface area contributed by atoms with Crippen molar-refractivity contribution in [1.29, 1.82) is 5.26 Å². The van der Waals surface area contributed by atoms with E-state index in [0.717, 1.165) is 51.5 Å². The number of anilines is 2. The van der Waals surface area contributed by atoms with Gasteiger partial charge < -0.3 is 14.6 Å². The number of nitrogens with one attached hydrogen (secondary N) is 1. The van der Waals surface area contributed by atoms with Crippen molar-refractivity contribution in [2.24, 2.45) is 0 Å². The van der Waals surface area contributed by atoms with Crippen molar-refractivity contribution in [2.45, 2.75) is 25.8 Å². The normalized spacial score (nSPS) is 13.1. The van der Waals surface area contributed by atoms with E-state index in [4.69, 9.17) is 4.74 Å². The number of ether oxygens (including phenoxy) is 1. The smallest absolute Gasteiger partial charge is 0.321 e. The Kier molecular flexibility index (Phi) is 4.97. The molecule has 0 spiro atoms. The summed E-state index contributed by atoms with van der Waals surface area (Å²) in [7, 11) is 0. The number of nitrogens with zero attached hydrogens (tertiary/aromatic N) is 5. The van der Waals surface area contributed by atoms with Crippen molar-refractivity contribution in [3.05, 3.63) is 77.6 Å². The van der Waals surface area contributed by atoms with E-state index in [-0.39, 0.29) is 0 Å². The van der Waals surface area contributed by atoms with Crippen LogP contribution in [-0.2, 0) is 0 Å². The molecule has 1 aliphatic carbocycles. The van der Waals surface area contributed by atoms with E-state index >= 15 is 0 Å². The predicted molar refractivity (Wildman–Crippen MR) is 133 cm³/mol. The number of hydrogen-bond acceptors (Lipinski definition) is 7. The first-order valence-electron chi connectivity index (χ1n) is 11.0. The van der Waals surface area contributed by atoms with E-state index in [1.165, 1.54) is 0 Å². The molecule has 34 heavy (non-hydrogen) atoms. The molecule has 8 heteroatoms. The van der Waals surface area contributed by atoms with Crippen LogP contribution in [0.25, 0.3) is 22.2 Å². The quantitative estimate of drug-likeness (QED) is 0.304. The Morgan fingerprint density at radius 2 is 1.91 bits per heavy atom. The van der Waals surface area contributed by atoms with Crippen LogP contribution in [0.4, 0.5) is 10.8 Å². The maximum Gasteiger partial charge on any atom is 0.321 e. The fourth-order valence-electron chi connectivity index (χ4n) is 4.15. The number of aryl methyl sites for hydroxylation is 1. The molecule has 0 atom stereocenters. The van der Waals surface area contributed by atoms with E-state index in [1.54, 1.807) is 29.8 Å². The van der Waals surface area contributed by atoms with E-state index in [0.29, 0.717) is 23.4 Å². The highest BCUT2D eigenvalue weighted by Gasteiger charge is 2.30. The van der Waals surface area contributed by atoms with E-state index in [1.807, 2.05) is 42.6 Å². The summed E-state index contributed by atoms with van der Waals surface area (Å²) < 4.78 is 8.16. The Balaban J connectivity index is 1.41. The second-order valence-corrected chi connectivity index (χ2v) is 9.10. The number of aromatic nitrogens is 4. The molecule has 7 nitrogen and oxygen atoms in total. The molecule has 0 aliphatic heterocycles. The molecule has 166 valence electrons. The minimum absolute atomic E-state index is 0.297. The first-order valence-corrected chi connectivity index (χ1v) is 11.9. The lowest BCUT2D eigenvalue weighted by Gasteiger charge is -2.11. The average molecular weight is 465 g/mol. The van der Waals surface area contributed by atoms with Gasteiger partial charge in [-0.05, 0) is 55.7 Å². The van der Waals surface area contributed by atoms with Crippen LogP contribution in [0.2, 0.25) is 0 Å². The van der Waals surface area contributed by atoms with Crippen LogP contribution in [0.3, 0.4) is 0 Å². The summed E-state index contributed by atoms with van der Waals surface area (Å²) in [6.07, 6.45) is 5.48. The van der Waals surface area contributed by atoms with E-state index in [2.05, 4.69) is 43.0 Å². The van der Waals surface area contributed by atoms with Crippen LogP contribution in [0.15, 0.2) is 66.3 Å². The number of nitriles is 1. The molecule has 5 aromatic rings. The second-order valence-electron chi connectivity index (χ2n) is 8.25. The van der Waals surface area contributed by atoms with Gasteiger partial charge in [0.15, 0.2) is 5.13 Å². The van der Waals surface area contributed by atoms with Crippen molar-refractivity contribution in [1.82, 2.24) is 19.5 Å². The molecule has 1 saturated carbocycles. The average Bonchev–Trinajstić information content (AvgIpc) is 3.53. The number of benzene rings is 2. The lowest BCUT2D eigenvalue weighted by molar-refractivity contribution is 0.442. The molecule has 0 radical (unpaired) electrons. The third kappa shape index (κ3) is 3.76. The van der Waals surface area contributed by atoms with Crippen molar-refractivity contribution in [3.63, 3.8) is 0 Å². The monoisotopic (exact) mass is 464 g/mol. The van der Waals surface area contributed by atoms with Gasteiger partial charge in [0.05, 0.1) is 22.5 Å². The highest BCUT2D eigenvalue weighted by atomic mass is 32.1. The van der Waals surface area contributed by atoms with Crippen LogP contribution in [0, 0.1) is 18.3 Å². The van der Waals surface area contributed by atoms with Crippen LogP contribution in [-0.4, -0.2) is 19.5 Å². The molecule has 3 aromatic heterocycles. The Morgan fingerprint density at radius 1 is 1.12 bits per heavy atom. The lowest BCUT2D eigenvalue weighted by atomic mass is 10.1. The van der Waals surface area contributed by atoms with Gasteiger partial charge in [-0.2, -0.15) is 5.26 Å². The fraction of sp³-hybridized carbons (Fsp3) is 0.154. The largest absolute Gasteiger partial charge is 0.424 e. The summed E-state index contributed by atoms with van der Waals surface area (Å²) in [4.78, 5) is 12.8. The highest BCUT2D eigenvalue weighted by molar-refractivity contribution is 7.13. The van der Waals surface area contributed by atoms with Gasteiger partial charge in [-0.3, -0.25) is 0 Å². The minimum atomic E-state index is 0.297. The summed E-state index contributed by atoms with van der Waals surface area (Å²) in [6.45, 7) is 1.98. The number of hydrogen-bond donors (Lipinski definition) is 1. The SMILES string of the molecule is Cc1csc(Nc2ccc(-c3c(C#N)c4ccc(Oc5ncccn5)cc4n3C3CC3)cc2)n1. The molecule has 1 N–H and O–H groups in total. The molecule has 3 heterocycles. The Morgan fingerprint density at radius 3 is 2.59 bits per heavy atom. The minimum Gasteiger partial charge on any atom is -0.424 e. The summed E-state index contributed by atoms with van der Waals surface area (Å²) in [5.41, 5.74) is 5.59. The standard InChI is InChI=1S/C26H20N6OS/c1-16-15-34-26(30-16)31-18-5-3-17(4-6-18)24-22(14-27)21-10-9-20(33-25-28-11-2-12-29-25)13-23(21)32(24)19-7-8-19/h2-6,9-13,15,19H,7-8H2,1H3,(H,30,31). The van der Waals surface area contributed by atoms with Crippen LogP contribution >= 0.6 is 11.3 Å². The van der Waals surface area contributed by atoms with Gasteiger partial charge in [0.2, 0.25) is 0 Å². The predicted octanol–water partition coefficient (Wildman–Crippen LogP) is 6.61. The van der Waals surface area contributed by atoms with E-state index in [9.17, 15) is 5.26 Å². The zero-order valence-electron chi connectivity index (χ0n) is 18.4. The Hall–Kier alpha value is -4.22. The molecular weight excluding hydrogens is 444 g/mol. The molecule has 0 amide bonds. The molecular formula is C26H20N6OS. The lowest BCUT2D eigenvalue weighted by Crippen LogP contribution is -1.98. The van der Waals surface area contributed by atoms with Crippen molar-refractivity contribution >= 4 is 33.1 Å². The topological polar surface area (TPSA) is 88.6 Å². The molecule has 0 bridgehead atoms. The third-order valence-corrected chi connectivity index (χ3v) is 6.66. The Bertz CT molecular complexity index is 1530. The molecule has 2 aromatic carbocycles. The zero-order chi connectivity index (χ0) is 23.1. The zero-order valence-corrected chi connectivity index (χ0v) is 19.2. The number of fused-ring (bicyclic) bond motifs is 1. The maximum absolute atomic E-state index is 10.1. The summed E-state index contributed by atoms with van der Waals surface area (Å²) in [5, 5.41) is 17.3. The number of thiazole rings is 1. The van der Waals surface area contributed by atoms with Gasteiger partial charge in [-0.15, -0.1) is 11.3 Å². The van der Waals surface area contributed by atoms with Crippen molar-refractivity contribution < 1.29 is 4.74 Å². The van der Waals surface area contributed by atoms with Gasteiger partial charge in [0.25, 0.3) is 0 Å². The van der Waals surface area contributed by atoms with Gasteiger partial charge in [0, 0.05) is 41.0 Å². The molecule has 1 fully saturated rings. The fourth-order valence-corrected chi connectivity index (χ4v) is 4.86. The highest BCUT2D eigenvalue weighted by Crippen LogP contribution is 2.45. The van der Waals surface area contributed by atoms with Crippen molar-refractivity contribution in [3.8, 4) is 29.1 Å². The van der Waals surface area contributed by atoms with Crippen LogP contribution < -0.4 is 10.1 Å². The Labute approximate surface area is 200 Å². The van der Waals surface area contributed by atoms with Crippen molar-refractivity contribution in [2.75, 3.05) is 5.32 Å². The van der Waals surface area contributed by atoms with Gasteiger partial charge in [0.1, 0.15) is 11.8 Å². The van der Waals surface area contributed by atoms with Crippen LogP contribution in [0.5, 0.6) is 11.8 Å². The maximum atomic E-state index is 10.1. The van der Waals surface area contributed by atoms with E-state index < -0.39 is 0 Å². The third-order valence-electron chi connectivity index (χ3n) is 5.78. The van der Waals surface area contributed by atoms with Gasteiger partial charge in [-0.1, -0.05) is 12.1 Å². The summed E-state index contributed by atoms with van der Waals surface area (Å²) >= 11 is 1.58. The molecule has 6 rings (SSSR count). The van der Waals surface area contributed by atoms with Crippen LogP contribution in [0.1, 0.15) is 30.1 Å². The summed E-state index contributed by atoms with van der Waals surface area (Å²) in [5.74, 6) is 0.646. The number of rotatable bonds is 6. The van der Waals surface area contributed by atoms with Gasteiger partial charge in [-0.25, -0.2) is 15.0 Å². The van der Waals surface area contributed by atoms with Gasteiger partial charge >= 0.3 is 6.01 Å². The second kappa shape index (κ2) is 8.28. The molecule has 0 unspecified atom stereocenters. The first-order chi connectivity index (χ1) is 16.7. The molecule has 1 aliphatic rings. The summed E-state index contributed by atoms with van der Waals surface area (Å²) in [6, 6.07) is 18.9.